The number of aromatic nitrogens is 1. The summed E-state index contributed by atoms with van der Waals surface area (Å²) < 4.78 is 1.27. The van der Waals surface area contributed by atoms with Crippen LogP contribution in [0, 0.1) is 0 Å². The summed E-state index contributed by atoms with van der Waals surface area (Å²) in [7, 11) is 0. The zero-order chi connectivity index (χ0) is 17.3. The normalized spacial score (nSPS) is 16.9. The molecule has 4 heteroatoms. The van der Waals surface area contributed by atoms with Crippen LogP contribution in [0.25, 0.3) is 21.0 Å². The van der Waals surface area contributed by atoms with Gasteiger partial charge in [-0.15, -0.1) is 11.3 Å². The lowest BCUT2D eigenvalue weighted by atomic mass is 9.97. The molecule has 0 spiro atoms. The number of benzene rings is 3. The highest BCUT2D eigenvalue weighted by atomic mass is 32.1. The van der Waals surface area contributed by atoms with Gasteiger partial charge in [-0.05, 0) is 28.5 Å². The average Bonchev–Trinajstić information content (AvgIpc) is 3.13. The molecule has 130 valence electrons. The van der Waals surface area contributed by atoms with E-state index in [2.05, 4.69) is 76.9 Å². The number of para-hydroxylation sites is 1. The number of fused-ring (bicyclic) bond motifs is 2. The van der Waals surface area contributed by atoms with Crippen LogP contribution in [0.5, 0.6) is 0 Å². The van der Waals surface area contributed by atoms with Crippen LogP contribution in [-0.4, -0.2) is 36.1 Å². The van der Waals surface area contributed by atoms with E-state index in [0.717, 1.165) is 31.7 Å². The highest BCUT2D eigenvalue weighted by molar-refractivity contribution is 7.18. The van der Waals surface area contributed by atoms with Crippen LogP contribution in [0.1, 0.15) is 16.6 Å². The minimum absolute atomic E-state index is 0.209. The van der Waals surface area contributed by atoms with E-state index in [1.807, 2.05) is 11.3 Å². The minimum atomic E-state index is 0.209. The van der Waals surface area contributed by atoms with Crippen LogP contribution in [0.4, 0.5) is 0 Å². The Bertz CT molecular complexity index is 1010. The smallest absolute Gasteiger partial charge is 0.116 e. The Morgan fingerprint density at radius 2 is 1.65 bits per heavy atom. The maximum absolute atomic E-state index is 5.03. The van der Waals surface area contributed by atoms with Crippen molar-refractivity contribution in [3.8, 4) is 0 Å². The molecule has 5 rings (SSSR count). The maximum atomic E-state index is 5.03. The largest absolute Gasteiger partial charge is 0.314 e. The van der Waals surface area contributed by atoms with Gasteiger partial charge in [0.05, 0.1) is 16.3 Å². The summed E-state index contributed by atoms with van der Waals surface area (Å²) in [5.41, 5.74) is 2.47. The van der Waals surface area contributed by atoms with Gasteiger partial charge in [-0.25, -0.2) is 4.98 Å². The second kappa shape index (κ2) is 6.80. The molecule has 1 aliphatic rings. The van der Waals surface area contributed by atoms with Crippen molar-refractivity contribution in [2.75, 3.05) is 26.2 Å². The van der Waals surface area contributed by atoms with Crippen LogP contribution in [0.2, 0.25) is 0 Å². The van der Waals surface area contributed by atoms with Crippen molar-refractivity contribution in [1.82, 2.24) is 15.2 Å². The van der Waals surface area contributed by atoms with E-state index in [1.165, 1.54) is 26.0 Å². The monoisotopic (exact) mass is 359 g/mol. The number of rotatable bonds is 3. The third-order valence-corrected chi connectivity index (χ3v) is 6.27. The van der Waals surface area contributed by atoms with Gasteiger partial charge < -0.3 is 5.32 Å². The van der Waals surface area contributed by atoms with Gasteiger partial charge in [0.25, 0.3) is 0 Å². The van der Waals surface area contributed by atoms with E-state index < -0.39 is 0 Å². The van der Waals surface area contributed by atoms with Gasteiger partial charge >= 0.3 is 0 Å². The molecule has 3 aromatic carbocycles. The molecule has 1 fully saturated rings. The zero-order valence-electron chi connectivity index (χ0n) is 14.6. The highest BCUT2D eigenvalue weighted by Crippen LogP contribution is 2.37. The molecule has 1 atom stereocenters. The fourth-order valence-electron chi connectivity index (χ4n) is 3.92. The third kappa shape index (κ3) is 2.80. The lowest BCUT2D eigenvalue weighted by Crippen LogP contribution is -2.45. The van der Waals surface area contributed by atoms with Crippen molar-refractivity contribution >= 4 is 32.3 Å². The molecule has 1 aliphatic heterocycles. The Morgan fingerprint density at radius 1 is 0.885 bits per heavy atom. The van der Waals surface area contributed by atoms with Crippen molar-refractivity contribution in [1.29, 1.82) is 0 Å². The topological polar surface area (TPSA) is 28.2 Å². The summed E-state index contributed by atoms with van der Waals surface area (Å²) in [5, 5.41) is 7.30. The second-order valence-electron chi connectivity index (χ2n) is 6.78. The molecule has 4 aromatic rings. The highest BCUT2D eigenvalue weighted by Gasteiger charge is 2.28. The van der Waals surface area contributed by atoms with Crippen LogP contribution in [0.3, 0.4) is 0 Å². The van der Waals surface area contributed by atoms with Crippen molar-refractivity contribution in [3.05, 3.63) is 77.3 Å². The third-order valence-electron chi connectivity index (χ3n) is 5.18. The first-order chi connectivity index (χ1) is 12.9. The van der Waals surface area contributed by atoms with Crippen molar-refractivity contribution in [3.63, 3.8) is 0 Å². The fraction of sp³-hybridized carbons (Fsp3) is 0.227. The Balaban J connectivity index is 1.70. The van der Waals surface area contributed by atoms with E-state index in [-0.39, 0.29) is 6.04 Å². The molecular weight excluding hydrogens is 338 g/mol. The molecule has 0 radical (unpaired) electrons. The number of piperazine rings is 1. The lowest BCUT2D eigenvalue weighted by Gasteiger charge is -2.34. The molecule has 1 unspecified atom stereocenters. The predicted molar refractivity (Wildman–Crippen MR) is 110 cm³/mol. The van der Waals surface area contributed by atoms with Gasteiger partial charge in [-0.3, -0.25) is 4.90 Å². The Kier molecular flexibility index (Phi) is 4.17. The maximum Gasteiger partial charge on any atom is 0.116 e. The van der Waals surface area contributed by atoms with Gasteiger partial charge in [0, 0.05) is 26.2 Å². The van der Waals surface area contributed by atoms with Crippen molar-refractivity contribution in [2.45, 2.75) is 6.04 Å². The molecule has 1 saturated heterocycles. The van der Waals surface area contributed by atoms with Gasteiger partial charge in [0.2, 0.25) is 0 Å². The molecule has 0 amide bonds. The van der Waals surface area contributed by atoms with Crippen LogP contribution in [0.15, 0.2) is 66.7 Å². The van der Waals surface area contributed by atoms with Crippen LogP contribution < -0.4 is 5.32 Å². The average molecular weight is 359 g/mol. The number of hydrogen-bond donors (Lipinski definition) is 1. The van der Waals surface area contributed by atoms with Crippen LogP contribution >= 0.6 is 11.3 Å². The molecule has 0 aliphatic carbocycles. The molecule has 0 saturated carbocycles. The number of thiazole rings is 1. The molecule has 1 aromatic heterocycles. The molecule has 26 heavy (non-hydrogen) atoms. The van der Waals surface area contributed by atoms with Crippen molar-refractivity contribution in [2.24, 2.45) is 0 Å². The summed E-state index contributed by atoms with van der Waals surface area (Å²) in [6.45, 7) is 4.16. The summed E-state index contributed by atoms with van der Waals surface area (Å²) in [6, 6.07) is 24.0. The van der Waals surface area contributed by atoms with Crippen LogP contribution in [-0.2, 0) is 0 Å². The molecule has 2 heterocycles. The molecule has 1 N–H and O–H groups in total. The summed E-state index contributed by atoms with van der Waals surface area (Å²) >= 11 is 1.83. The van der Waals surface area contributed by atoms with E-state index in [9.17, 15) is 0 Å². The van der Waals surface area contributed by atoms with E-state index in [0.29, 0.717) is 0 Å². The van der Waals surface area contributed by atoms with E-state index in [1.54, 1.807) is 0 Å². The first-order valence-electron chi connectivity index (χ1n) is 9.18. The second-order valence-corrected chi connectivity index (χ2v) is 7.84. The fourth-order valence-corrected chi connectivity index (χ4v) is 5.04. The van der Waals surface area contributed by atoms with Gasteiger partial charge in [-0.1, -0.05) is 54.6 Å². The number of nitrogens with zero attached hydrogens (tertiary/aromatic N) is 2. The van der Waals surface area contributed by atoms with Gasteiger partial charge in [-0.2, -0.15) is 0 Å². The molecule has 3 nitrogen and oxygen atoms in total. The lowest BCUT2D eigenvalue weighted by molar-refractivity contribution is 0.199. The molecule has 0 bridgehead atoms. The standard InChI is InChI=1S/C22H21N3S/c1-2-8-17-16(6-1)7-5-9-18(17)21(25-14-12-23-13-15-25)22-24-19-10-3-4-11-20(19)26-22/h1-11,21,23H,12-15H2. The summed E-state index contributed by atoms with van der Waals surface area (Å²) in [6.07, 6.45) is 0. The quantitative estimate of drug-likeness (QED) is 0.586. The Morgan fingerprint density at radius 3 is 2.54 bits per heavy atom. The molecular formula is C22H21N3S. The minimum Gasteiger partial charge on any atom is -0.314 e. The first-order valence-corrected chi connectivity index (χ1v) is 10.00. The summed E-state index contributed by atoms with van der Waals surface area (Å²) in [4.78, 5) is 7.61. The van der Waals surface area contributed by atoms with Crippen molar-refractivity contribution < 1.29 is 0 Å². The van der Waals surface area contributed by atoms with Gasteiger partial charge in [0.15, 0.2) is 0 Å². The SMILES string of the molecule is c1ccc2c(C(c3nc4ccccc4s3)N3CCNCC3)cccc2c1. The summed E-state index contributed by atoms with van der Waals surface area (Å²) in [5.74, 6) is 0. The van der Waals surface area contributed by atoms with E-state index in [4.69, 9.17) is 4.98 Å². The predicted octanol–water partition coefficient (Wildman–Crippen LogP) is 4.44. The number of nitrogens with one attached hydrogen (secondary N) is 1. The van der Waals surface area contributed by atoms with E-state index >= 15 is 0 Å². The number of hydrogen-bond acceptors (Lipinski definition) is 4. The Hall–Kier alpha value is -2.27. The Labute approximate surface area is 157 Å². The van der Waals surface area contributed by atoms with Gasteiger partial charge in [0.1, 0.15) is 5.01 Å². The first kappa shape index (κ1) is 15.9. The zero-order valence-corrected chi connectivity index (χ0v) is 15.4.